The lowest BCUT2D eigenvalue weighted by atomic mass is 9.93. The van der Waals surface area contributed by atoms with Gasteiger partial charge in [0.15, 0.2) is 0 Å². The van der Waals surface area contributed by atoms with E-state index in [1.54, 1.807) is 21.9 Å². The Morgan fingerprint density at radius 1 is 1.12 bits per heavy atom. The standard InChI is InChI=1S/C27H31BrN4O2/c1-19-9-6-7-14-24(19)26(27(34)30-22-11-4-3-5-12-22)32(23-13-8-10-21(28)17-23)25(33)18-31-16-15-29-20(31)2/h6-10,13-17,22,26H,3-5,11-12,18H2,1-2H3,(H,30,34). The number of aromatic nitrogens is 2. The highest BCUT2D eigenvalue weighted by atomic mass is 79.9. The van der Waals surface area contributed by atoms with E-state index >= 15 is 0 Å². The van der Waals surface area contributed by atoms with Crippen LogP contribution in [0.1, 0.15) is 55.1 Å². The molecule has 1 N–H and O–H groups in total. The second-order valence-electron chi connectivity index (χ2n) is 8.95. The summed E-state index contributed by atoms with van der Waals surface area (Å²) in [5.41, 5.74) is 2.47. The third-order valence-corrected chi connectivity index (χ3v) is 7.02. The third kappa shape index (κ3) is 5.58. The SMILES string of the molecule is Cc1ccccc1C(C(=O)NC1CCCCC1)N(C(=O)Cn1ccnc1C)c1cccc(Br)c1. The molecular formula is C27H31BrN4O2. The van der Waals surface area contributed by atoms with E-state index in [4.69, 9.17) is 0 Å². The molecule has 1 aliphatic rings. The molecule has 0 radical (unpaired) electrons. The number of nitrogens with zero attached hydrogens (tertiary/aromatic N) is 3. The van der Waals surface area contributed by atoms with Gasteiger partial charge in [0, 0.05) is 28.6 Å². The van der Waals surface area contributed by atoms with Gasteiger partial charge in [-0.25, -0.2) is 4.98 Å². The molecule has 178 valence electrons. The molecule has 34 heavy (non-hydrogen) atoms. The first-order chi connectivity index (χ1) is 16.4. The van der Waals surface area contributed by atoms with Gasteiger partial charge in [0.2, 0.25) is 11.8 Å². The van der Waals surface area contributed by atoms with E-state index in [9.17, 15) is 9.59 Å². The fraction of sp³-hybridized carbons (Fsp3) is 0.370. The third-order valence-electron chi connectivity index (χ3n) is 6.53. The average molecular weight is 523 g/mol. The smallest absolute Gasteiger partial charge is 0.248 e. The summed E-state index contributed by atoms with van der Waals surface area (Å²) in [5.74, 6) is 0.435. The van der Waals surface area contributed by atoms with Crippen molar-refractivity contribution in [2.75, 3.05) is 4.90 Å². The molecule has 1 heterocycles. The minimum absolute atomic E-state index is 0.0947. The molecule has 1 aliphatic carbocycles. The fourth-order valence-electron chi connectivity index (χ4n) is 4.67. The van der Waals surface area contributed by atoms with Crippen LogP contribution in [-0.4, -0.2) is 27.4 Å². The molecule has 0 spiro atoms. The summed E-state index contributed by atoms with van der Waals surface area (Å²) >= 11 is 3.53. The van der Waals surface area contributed by atoms with E-state index in [1.807, 2.05) is 62.4 Å². The van der Waals surface area contributed by atoms with Crippen LogP contribution in [0.2, 0.25) is 0 Å². The maximum atomic E-state index is 13.9. The molecule has 2 amide bonds. The predicted molar refractivity (Wildman–Crippen MR) is 138 cm³/mol. The van der Waals surface area contributed by atoms with Gasteiger partial charge in [-0.2, -0.15) is 0 Å². The number of anilines is 1. The zero-order valence-corrected chi connectivity index (χ0v) is 21.3. The van der Waals surface area contributed by atoms with Crippen LogP contribution in [0.4, 0.5) is 5.69 Å². The lowest BCUT2D eigenvalue weighted by Crippen LogP contribution is -2.48. The molecule has 6 nitrogen and oxygen atoms in total. The Morgan fingerprint density at radius 3 is 2.56 bits per heavy atom. The molecule has 1 unspecified atom stereocenters. The molecule has 7 heteroatoms. The number of benzene rings is 2. The first kappa shape index (κ1) is 24.2. The zero-order valence-electron chi connectivity index (χ0n) is 19.7. The second kappa shape index (κ2) is 11.0. The summed E-state index contributed by atoms with van der Waals surface area (Å²) in [4.78, 5) is 33.7. The Balaban J connectivity index is 1.77. The molecule has 1 atom stereocenters. The first-order valence-corrected chi connectivity index (χ1v) is 12.6. The number of nitrogens with one attached hydrogen (secondary N) is 1. The van der Waals surface area contributed by atoms with Gasteiger partial charge in [-0.15, -0.1) is 0 Å². The summed E-state index contributed by atoms with van der Waals surface area (Å²) < 4.78 is 2.65. The highest BCUT2D eigenvalue weighted by molar-refractivity contribution is 9.10. The van der Waals surface area contributed by atoms with E-state index in [1.165, 1.54) is 6.42 Å². The Bertz CT molecular complexity index is 1150. The number of amides is 2. The molecule has 2 aromatic carbocycles. The van der Waals surface area contributed by atoms with Gasteiger partial charge in [-0.3, -0.25) is 14.5 Å². The van der Waals surface area contributed by atoms with Crippen molar-refractivity contribution in [2.24, 2.45) is 0 Å². The van der Waals surface area contributed by atoms with Crippen LogP contribution in [0, 0.1) is 13.8 Å². The minimum atomic E-state index is -0.784. The van der Waals surface area contributed by atoms with Crippen LogP contribution in [-0.2, 0) is 16.1 Å². The van der Waals surface area contributed by atoms with Crippen LogP contribution in [0.5, 0.6) is 0 Å². The molecule has 4 rings (SSSR count). The van der Waals surface area contributed by atoms with Gasteiger partial charge in [0.25, 0.3) is 0 Å². The van der Waals surface area contributed by atoms with Crippen LogP contribution in [0.3, 0.4) is 0 Å². The van der Waals surface area contributed by atoms with Gasteiger partial charge in [0.05, 0.1) is 0 Å². The van der Waals surface area contributed by atoms with Crippen molar-refractivity contribution in [3.8, 4) is 0 Å². The van der Waals surface area contributed by atoms with E-state index in [2.05, 4.69) is 26.2 Å². The lowest BCUT2D eigenvalue weighted by molar-refractivity contribution is -0.127. The van der Waals surface area contributed by atoms with Gasteiger partial charge in [-0.05, 0) is 56.0 Å². The summed E-state index contributed by atoms with van der Waals surface area (Å²) in [6.45, 7) is 3.95. The molecule has 0 aliphatic heterocycles. The van der Waals surface area contributed by atoms with Crippen molar-refractivity contribution in [1.82, 2.24) is 14.9 Å². The number of rotatable bonds is 7. The van der Waals surface area contributed by atoms with E-state index in [-0.39, 0.29) is 24.4 Å². The lowest BCUT2D eigenvalue weighted by Gasteiger charge is -2.34. The number of halogens is 1. The topological polar surface area (TPSA) is 67.2 Å². The monoisotopic (exact) mass is 522 g/mol. The van der Waals surface area contributed by atoms with Gasteiger partial charge >= 0.3 is 0 Å². The van der Waals surface area contributed by atoms with Crippen LogP contribution < -0.4 is 10.2 Å². The fourth-order valence-corrected chi connectivity index (χ4v) is 5.06. The summed E-state index contributed by atoms with van der Waals surface area (Å²) in [7, 11) is 0. The van der Waals surface area contributed by atoms with E-state index in [0.29, 0.717) is 5.69 Å². The number of imidazole rings is 1. The van der Waals surface area contributed by atoms with Gasteiger partial charge in [-0.1, -0.05) is 65.5 Å². The molecular weight excluding hydrogens is 492 g/mol. The molecule has 1 saturated carbocycles. The molecule has 1 fully saturated rings. The number of hydrogen-bond donors (Lipinski definition) is 1. The van der Waals surface area contributed by atoms with Crippen molar-refractivity contribution < 1.29 is 9.59 Å². The number of hydrogen-bond acceptors (Lipinski definition) is 3. The summed E-state index contributed by atoms with van der Waals surface area (Å²) in [5, 5.41) is 3.27. The largest absolute Gasteiger partial charge is 0.351 e. The molecule has 1 aromatic heterocycles. The number of carbonyl (C=O) groups is 2. The second-order valence-corrected chi connectivity index (χ2v) is 9.86. The minimum Gasteiger partial charge on any atom is -0.351 e. The van der Waals surface area contributed by atoms with Gasteiger partial charge < -0.3 is 9.88 Å². The Labute approximate surface area is 209 Å². The summed E-state index contributed by atoms with van der Waals surface area (Å²) in [6, 6.07) is 14.7. The maximum Gasteiger partial charge on any atom is 0.248 e. The van der Waals surface area contributed by atoms with Crippen molar-refractivity contribution in [2.45, 2.75) is 64.6 Å². The zero-order chi connectivity index (χ0) is 24.1. The number of carbonyl (C=O) groups excluding carboxylic acids is 2. The maximum absolute atomic E-state index is 13.9. The normalized spacial score (nSPS) is 15.0. The first-order valence-electron chi connectivity index (χ1n) is 11.9. The molecule has 0 bridgehead atoms. The van der Waals surface area contributed by atoms with E-state index < -0.39 is 6.04 Å². The molecule has 3 aromatic rings. The Kier molecular flexibility index (Phi) is 7.83. The molecule has 0 saturated heterocycles. The van der Waals surface area contributed by atoms with Crippen LogP contribution >= 0.6 is 15.9 Å². The van der Waals surface area contributed by atoms with E-state index in [0.717, 1.165) is 47.1 Å². The quantitative estimate of drug-likeness (QED) is 0.446. The highest BCUT2D eigenvalue weighted by Crippen LogP contribution is 2.32. The highest BCUT2D eigenvalue weighted by Gasteiger charge is 2.35. The van der Waals surface area contributed by atoms with Crippen molar-refractivity contribution in [1.29, 1.82) is 0 Å². The van der Waals surface area contributed by atoms with Crippen molar-refractivity contribution in [3.63, 3.8) is 0 Å². The average Bonchev–Trinajstić information content (AvgIpc) is 3.22. The Hall–Kier alpha value is -2.93. The van der Waals surface area contributed by atoms with Gasteiger partial charge in [0.1, 0.15) is 18.4 Å². The van der Waals surface area contributed by atoms with Crippen molar-refractivity contribution >= 4 is 33.4 Å². The summed E-state index contributed by atoms with van der Waals surface area (Å²) in [6.07, 6.45) is 8.87. The van der Waals surface area contributed by atoms with Crippen LogP contribution in [0.25, 0.3) is 0 Å². The predicted octanol–water partition coefficient (Wildman–Crippen LogP) is 5.49. The van der Waals surface area contributed by atoms with Crippen molar-refractivity contribution in [3.05, 3.63) is 82.3 Å². The Morgan fingerprint density at radius 2 is 1.88 bits per heavy atom. The number of aryl methyl sites for hydroxylation is 2. The van der Waals surface area contributed by atoms with Crippen LogP contribution in [0.15, 0.2) is 65.4 Å².